The van der Waals surface area contributed by atoms with Gasteiger partial charge in [0.1, 0.15) is 0 Å². The number of hydrogen-bond acceptors (Lipinski definition) is 2. The molecule has 1 N–H and O–H groups in total. The lowest BCUT2D eigenvalue weighted by atomic mass is 9.89. The molecule has 0 amide bonds. The lowest BCUT2D eigenvalue weighted by molar-refractivity contribution is 0.181. The van der Waals surface area contributed by atoms with Crippen LogP contribution >= 0.6 is 0 Å². The zero-order valence-electron chi connectivity index (χ0n) is 13.8. The summed E-state index contributed by atoms with van der Waals surface area (Å²) in [6.07, 6.45) is 5.60. The summed E-state index contributed by atoms with van der Waals surface area (Å²) in [5.74, 6) is 0. The van der Waals surface area contributed by atoms with Gasteiger partial charge in [0.15, 0.2) is 0 Å². The standard InChI is InChI=1S/C21H25NO/c1-15-12-18-8-4-5-9-20(18)22(15)14-21(23)19-11-10-16-6-2-3-7-17(16)13-19/h4-5,8-11,13,15,21,23H,2-3,6-7,12,14H2,1H3. The first kappa shape index (κ1) is 14.8. The van der Waals surface area contributed by atoms with E-state index in [0.717, 1.165) is 12.0 Å². The van der Waals surface area contributed by atoms with E-state index in [2.05, 4.69) is 54.3 Å². The first-order valence-electron chi connectivity index (χ1n) is 8.86. The van der Waals surface area contributed by atoms with Gasteiger partial charge in [0.2, 0.25) is 0 Å². The lowest BCUT2D eigenvalue weighted by Gasteiger charge is -2.28. The number of para-hydroxylation sites is 1. The SMILES string of the molecule is CC1Cc2ccccc2N1CC(O)c1ccc2c(c1)CCCC2. The Morgan fingerprint density at radius 2 is 1.83 bits per heavy atom. The fourth-order valence-corrected chi connectivity index (χ4v) is 4.16. The molecule has 23 heavy (non-hydrogen) atoms. The maximum atomic E-state index is 10.8. The summed E-state index contributed by atoms with van der Waals surface area (Å²) < 4.78 is 0. The minimum absolute atomic E-state index is 0.421. The van der Waals surface area contributed by atoms with E-state index in [1.807, 2.05) is 0 Å². The highest BCUT2D eigenvalue weighted by Gasteiger charge is 2.27. The predicted molar refractivity (Wildman–Crippen MR) is 95.0 cm³/mol. The van der Waals surface area contributed by atoms with Crippen LogP contribution in [0.1, 0.15) is 48.1 Å². The molecule has 2 aromatic carbocycles. The van der Waals surface area contributed by atoms with Gasteiger partial charge in [-0.3, -0.25) is 0 Å². The van der Waals surface area contributed by atoms with Crippen LogP contribution in [0.3, 0.4) is 0 Å². The van der Waals surface area contributed by atoms with Crippen LogP contribution in [0, 0.1) is 0 Å². The molecule has 2 aromatic rings. The fourth-order valence-electron chi connectivity index (χ4n) is 4.16. The second-order valence-corrected chi connectivity index (χ2v) is 7.09. The van der Waals surface area contributed by atoms with E-state index in [1.165, 1.54) is 48.1 Å². The normalized spacial score (nSPS) is 21.0. The van der Waals surface area contributed by atoms with E-state index >= 15 is 0 Å². The Hall–Kier alpha value is -1.80. The van der Waals surface area contributed by atoms with Crippen LogP contribution in [0.25, 0.3) is 0 Å². The molecule has 0 bridgehead atoms. The number of aliphatic hydroxyl groups is 1. The van der Waals surface area contributed by atoms with Gasteiger partial charge in [0, 0.05) is 18.3 Å². The third-order valence-electron chi connectivity index (χ3n) is 5.48. The van der Waals surface area contributed by atoms with Crippen molar-refractivity contribution in [2.45, 2.75) is 51.2 Å². The number of nitrogens with zero attached hydrogens (tertiary/aromatic N) is 1. The zero-order valence-corrected chi connectivity index (χ0v) is 13.8. The molecule has 2 nitrogen and oxygen atoms in total. The third kappa shape index (κ3) is 2.76. The van der Waals surface area contributed by atoms with Crippen molar-refractivity contribution < 1.29 is 5.11 Å². The summed E-state index contributed by atoms with van der Waals surface area (Å²) in [4.78, 5) is 2.36. The van der Waals surface area contributed by atoms with Crippen molar-refractivity contribution in [3.05, 3.63) is 64.7 Å². The predicted octanol–water partition coefficient (Wildman–Crippen LogP) is 4.05. The van der Waals surface area contributed by atoms with Crippen LogP contribution in [0.2, 0.25) is 0 Å². The van der Waals surface area contributed by atoms with Crippen LogP contribution in [-0.4, -0.2) is 17.7 Å². The molecule has 120 valence electrons. The van der Waals surface area contributed by atoms with Crippen molar-refractivity contribution in [1.29, 1.82) is 0 Å². The Labute approximate surface area is 138 Å². The first-order valence-corrected chi connectivity index (χ1v) is 8.86. The van der Waals surface area contributed by atoms with E-state index in [4.69, 9.17) is 0 Å². The highest BCUT2D eigenvalue weighted by atomic mass is 16.3. The minimum atomic E-state index is -0.421. The quantitative estimate of drug-likeness (QED) is 0.924. The van der Waals surface area contributed by atoms with Gasteiger partial charge in [-0.2, -0.15) is 0 Å². The molecule has 0 radical (unpaired) electrons. The molecule has 0 spiro atoms. The molecule has 0 saturated heterocycles. The molecule has 0 fully saturated rings. The summed E-state index contributed by atoms with van der Waals surface area (Å²) in [5.41, 5.74) is 6.69. The van der Waals surface area contributed by atoms with Crippen molar-refractivity contribution in [3.63, 3.8) is 0 Å². The van der Waals surface area contributed by atoms with E-state index < -0.39 is 6.10 Å². The Balaban J connectivity index is 1.55. The molecule has 1 heterocycles. The average molecular weight is 307 g/mol. The van der Waals surface area contributed by atoms with Crippen molar-refractivity contribution in [3.8, 4) is 0 Å². The maximum absolute atomic E-state index is 10.8. The Bertz CT molecular complexity index is 709. The van der Waals surface area contributed by atoms with Crippen molar-refractivity contribution in [2.75, 3.05) is 11.4 Å². The second-order valence-electron chi connectivity index (χ2n) is 7.09. The number of hydrogen-bond donors (Lipinski definition) is 1. The number of aryl methyl sites for hydroxylation is 2. The Morgan fingerprint density at radius 1 is 1.04 bits per heavy atom. The van der Waals surface area contributed by atoms with E-state index in [9.17, 15) is 5.11 Å². The van der Waals surface area contributed by atoms with Gasteiger partial charge in [-0.1, -0.05) is 36.4 Å². The first-order chi connectivity index (χ1) is 11.2. The molecular formula is C21H25NO. The van der Waals surface area contributed by atoms with Crippen LogP contribution in [0.4, 0.5) is 5.69 Å². The van der Waals surface area contributed by atoms with Gasteiger partial charge in [0.25, 0.3) is 0 Å². The molecule has 1 aliphatic heterocycles. The molecule has 0 aromatic heterocycles. The minimum Gasteiger partial charge on any atom is -0.387 e. The highest BCUT2D eigenvalue weighted by molar-refractivity contribution is 5.59. The number of rotatable bonds is 3. The van der Waals surface area contributed by atoms with Gasteiger partial charge in [-0.05, 0) is 67.3 Å². The number of aliphatic hydroxyl groups excluding tert-OH is 1. The Morgan fingerprint density at radius 3 is 2.70 bits per heavy atom. The summed E-state index contributed by atoms with van der Waals surface area (Å²) >= 11 is 0. The molecule has 1 aliphatic carbocycles. The monoisotopic (exact) mass is 307 g/mol. The average Bonchev–Trinajstić information content (AvgIpc) is 2.90. The van der Waals surface area contributed by atoms with Crippen LogP contribution in [0.15, 0.2) is 42.5 Å². The number of anilines is 1. The van der Waals surface area contributed by atoms with Crippen LogP contribution < -0.4 is 4.90 Å². The molecule has 2 unspecified atom stereocenters. The summed E-state index contributed by atoms with van der Waals surface area (Å²) in [6, 6.07) is 15.6. The third-order valence-corrected chi connectivity index (χ3v) is 5.48. The van der Waals surface area contributed by atoms with Crippen molar-refractivity contribution in [2.24, 2.45) is 0 Å². The second kappa shape index (κ2) is 6.01. The van der Waals surface area contributed by atoms with Gasteiger partial charge in [-0.15, -0.1) is 0 Å². The van der Waals surface area contributed by atoms with Gasteiger partial charge in [-0.25, -0.2) is 0 Å². The largest absolute Gasteiger partial charge is 0.387 e. The number of benzene rings is 2. The molecule has 2 aliphatic rings. The number of fused-ring (bicyclic) bond motifs is 2. The number of β-amino-alcohol motifs (C(OH)–C–C–N with tert-alkyl or cyclic N) is 1. The summed E-state index contributed by atoms with van der Waals surface area (Å²) in [5, 5.41) is 10.8. The lowest BCUT2D eigenvalue weighted by Crippen LogP contribution is -2.33. The molecule has 2 heteroatoms. The van der Waals surface area contributed by atoms with E-state index in [0.29, 0.717) is 12.6 Å². The molecule has 0 saturated carbocycles. The summed E-state index contributed by atoms with van der Waals surface area (Å²) in [6.45, 7) is 2.93. The van der Waals surface area contributed by atoms with Gasteiger partial charge in [0.05, 0.1) is 6.10 Å². The van der Waals surface area contributed by atoms with E-state index in [-0.39, 0.29) is 0 Å². The van der Waals surface area contributed by atoms with Gasteiger partial charge >= 0.3 is 0 Å². The maximum Gasteiger partial charge on any atom is 0.0965 e. The topological polar surface area (TPSA) is 23.5 Å². The van der Waals surface area contributed by atoms with Crippen molar-refractivity contribution >= 4 is 5.69 Å². The van der Waals surface area contributed by atoms with Gasteiger partial charge < -0.3 is 10.0 Å². The highest BCUT2D eigenvalue weighted by Crippen LogP contribution is 2.34. The summed E-state index contributed by atoms with van der Waals surface area (Å²) in [7, 11) is 0. The van der Waals surface area contributed by atoms with Crippen molar-refractivity contribution in [1.82, 2.24) is 0 Å². The van der Waals surface area contributed by atoms with Crippen LogP contribution in [-0.2, 0) is 19.3 Å². The van der Waals surface area contributed by atoms with Crippen LogP contribution in [0.5, 0.6) is 0 Å². The Kier molecular flexibility index (Phi) is 3.86. The zero-order chi connectivity index (χ0) is 15.8. The molecule has 2 atom stereocenters. The molecule has 4 rings (SSSR count). The molecular weight excluding hydrogens is 282 g/mol. The smallest absolute Gasteiger partial charge is 0.0965 e. The van der Waals surface area contributed by atoms with E-state index in [1.54, 1.807) is 0 Å². The fraction of sp³-hybridized carbons (Fsp3) is 0.429.